The largest absolute Gasteiger partial charge is 2.00 e. The average Bonchev–Trinajstić information content (AvgIpc) is 3.30. The molecule has 0 radical (unpaired) electrons. The van der Waals surface area contributed by atoms with Gasteiger partial charge in [0.2, 0.25) is 0 Å². The van der Waals surface area contributed by atoms with Crippen molar-refractivity contribution in [3.63, 3.8) is 0 Å². The van der Waals surface area contributed by atoms with Crippen LogP contribution in [0.25, 0.3) is 0 Å². The van der Waals surface area contributed by atoms with Crippen LogP contribution in [0, 0.1) is 11.8 Å². The maximum absolute atomic E-state index is 11.0. The first kappa shape index (κ1) is 26.4. The summed E-state index contributed by atoms with van der Waals surface area (Å²) in [6.07, 6.45) is 0.811. The molecule has 2 aromatic rings. The third-order valence-corrected chi connectivity index (χ3v) is 3.07. The van der Waals surface area contributed by atoms with Crippen LogP contribution in [0.4, 0.5) is 0 Å². The molecule has 0 heterocycles. The summed E-state index contributed by atoms with van der Waals surface area (Å²) in [5, 5.41) is 0. The topological polar surface area (TPSA) is 52.6 Å². The molecule has 0 unspecified atom stereocenters. The fourth-order valence-corrected chi connectivity index (χ4v) is 1.57. The second-order valence-electron chi connectivity index (χ2n) is 6.01. The molecule has 0 aliphatic carbocycles. The number of hydrogen-bond donors (Lipinski definition) is 0. The van der Waals surface area contributed by atoms with Crippen molar-refractivity contribution >= 4 is 11.9 Å². The second kappa shape index (κ2) is 16.6. The Bertz CT molecular complexity index is 525. The molecule has 0 fully saturated rings. The van der Waals surface area contributed by atoms with E-state index in [1.807, 2.05) is 68.4 Å². The van der Waals surface area contributed by atoms with Crippen LogP contribution >= 0.6 is 0 Å². The molecule has 2 rings (SSSR count). The maximum Gasteiger partial charge on any atom is 2.00 e. The molecular formula is C21H30FeO4. The third kappa shape index (κ3) is 14.5. The van der Waals surface area contributed by atoms with E-state index in [-0.39, 0.29) is 40.8 Å². The molecule has 26 heavy (non-hydrogen) atoms. The quantitative estimate of drug-likeness (QED) is 0.424. The van der Waals surface area contributed by atoms with Gasteiger partial charge >= 0.3 is 29.0 Å². The number of esters is 2. The van der Waals surface area contributed by atoms with Crippen molar-refractivity contribution in [2.45, 2.75) is 34.1 Å². The van der Waals surface area contributed by atoms with Crippen molar-refractivity contribution in [2.24, 2.45) is 11.8 Å². The summed E-state index contributed by atoms with van der Waals surface area (Å²) in [7, 11) is 1.39. The first-order chi connectivity index (χ1) is 11.9. The van der Waals surface area contributed by atoms with Crippen molar-refractivity contribution < 1.29 is 36.1 Å². The van der Waals surface area contributed by atoms with E-state index < -0.39 is 0 Å². The molecular weight excluding hydrogens is 372 g/mol. The van der Waals surface area contributed by atoms with Gasteiger partial charge in [-0.15, -0.1) is 0 Å². The Hall–Kier alpha value is -1.84. The standard InChI is InChI=1S/C11H15O2.C5H10O2.C5H5.Fe/c1-9(2)11(12)13-8-7-10-5-3-4-6-10;1-4(2)5(6)7-3;1-2-4-5-3-1;/h3-6,9H,7-8H2,1-2H3;4H,1-3H3;1-5H;/q-1;;-1;+2. The molecule has 0 spiro atoms. The number of methoxy groups -OCH3 is 1. The summed E-state index contributed by atoms with van der Waals surface area (Å²) in [6.45, 7) is 7.76. The van der Waals surface area contributed by atoms with E-state index in [9.17, 15) is 9.59 Å². The van der Waals surface area contributed by atoms with Gasteiger partial charge in [0.15, 0.2) is 0 Å². The van der Waals surface area contributed by atoms with Crippen LogP contribution < -0.4 is 0 Å². The van der Waals surface area contributed by atoms with Crippen molar-refractivity contribution in [1.82, 2.24) is 0 Å². The fraction of sp³-hybridized carbons (Fsp3) is 0.429. The maximum atomic E-state index is 11.0. The van der Waals surface area contributed by atoms with E-state index in [2.05, 4.69) is 4.74 Å². The van der Waals surface area contributed by atoms with Gasteiger partial charge < -0.3 is 9.47 Å². The SMILES string of the molecule is CC(C)C(=O)OCCc1ccc[cH-]1.COC(=O)C(C)C.[Fe+2].c1cc[cH-]c1. The molecule has 0 N–H and O–H groups in total. The normalized spacial score (nSPS) is 9.19. The molecule has 0 bridgehead atoms. The van der Waals surface area contributed by atoms with E-state index in [4.69, 9.17) is 4.74 Å². The monoisotopic (exact) mass is 402 g/mol. The summed E-state index contributed by atoms with van der Waals surface area (Å²) in [6, 6.07) is 18.0. The molecule has 0 amide bonds. The summed E-state index contributed by atoms with van der Waals surface area (Å²) >= 11 is 0. The molecule has 0 saturated carbocycles. The van der Waals surface area contributed by atoms with Gasteiger partial charge in [-0.05, 0) is 6.42 Å². The Balaban J connectivity index is 0. The minimum atomic E-state index is -0.153. The summed E-state index contributed by atoms with van der Waals surface area (Å²) in [4.78, 5) is 21.3. The van der Waals surface area contributed by atoms with E-state index in [1.165, 1.54) is 12.7 Å². The van der Waals surface area contributed by atoms with Crippen molar-refractivity contribution in [2.75, 3.05) is 13.7 Å². The Kier molecular flexibility index (Phi) is 16.9. The molecule has 5 heteroatoms. The zero-order valence-corrected chi connectivity index (χ0v) is 17.4. The van der Waals surface area contributed by atoms with Gasteiger partial charge in [-0.1, -0.05) is 27.7 Å². The van der Waals surface area contributed by atoms with Crippen LogP contribution in [0.5, 0.6) is 0 Å². The van der Waals surface area contributed by atoms with Crippen molar-refractivity contribution in [3.8, 4) is 0 Å². The van der Waals surface area contributed by atoms with Crippen LogP contribution in [-0.2, 0) is 42.6 Å². The van der Waals surface area contributed by atoms with Gasteiger partial charge in [0, 0.05) is 0 Å². The second-order valence-corrected chi connectivity index (χ2v) is 6.01. The Labute approximate surface area is 168 Å². The van der Waals surface area contributed by atoms with E-state index >= 15 is 0 Å². The number of hydrogen-bond acceptors (Lipinski definition) is 4. The Morgan fingerprint density at radius 2 is 1.54 bits per heavy atom. The van der Waals surface area contributed by atoms with E-state index in [0.717, 1.165) is 6.42 Å². The number of ether oxygens (including phenoxy) is 2. The predicted octanol–water partition coefficient (Wildman–Crippen LogP) is 4.37. The van der Waals surface area contributed by atoms with Gasteiger partial charge in [-0.25, -0.2) is 24.3 Å². The average molecular weight is 402 g/mol. The van der Waals surface area contributed by atoms with Gasteiger partial charge in [0.25, 0.3) is 0 Å². The molecule has 0 atom stereocenters. The molecule has 0 aliphatic heterocycles. The van der Waals surface area contributed by atoms with Crippen LogP contribution in [0.3, 0.4) is 0 Å². The zero-order chi connectivity index (χ0) is 19.1. The first-order valence-corrected chi connectivity index (χ1v) is 8.50. The smallest absolute Gasteiger partial charge is 0.469 e. The molecule has 4 nitrogen and oxygen atoms in total. The molecule has 2 aromatic carbocycles. The van der Waals surface area contributed by atoms with Crippen LogP contribution in [0.2, 0.25) is 0 Å². The van der Waals surface area contributed by atoms with Gasteiger partial charge in [0.1, 0.15) is 0 Å². The fourth-order valence-electron chi connectivity index (χ4n) is 1.57. The number of carbonyl (C=O) groups is 2. The molecule has 146 valence electrons. The third-order valence-electron chi connectivity index (χ3n) is 3.07. The van der Waals surface area contributed by atoms with Crippen LogP contribution in [0.1, 0.15) is 33.3 Å². The molecule has 0 aromatic heterocycles. The minimum Gasteiger partial charge on any atom is -0.469 e. The number of carbonyl (C=O) groups excluding carboxylic acids is 2. The van der Waals surface area contributed by atoms with Crippen molar-refractivity contribution in [3.05, 3.63) is 60.2 Å². The van der Waals surface area contributed by atoms with Gasteiger partial charge in [0.05, 0.1) is 25.6 Å². The van der Waals surface area contributed by atoms with Gasteiger partial charge in [-0.2, -0.15) is 35.9 Å². The first-order valence-electron chi connectivity index (χ1n) is 8.50. The van der Waals surface area contributed by atoms with Crippen LogP contribution in [0.15, 0.2) is 54.6 Å². The van der Waals surface area contributed by atoms with E-state index in [1.54, 1.807) is 13.8 Å². The van der Waals surface area contributed by atoms with E-state index in [0.29, 0.717) is 6.61 Å². The van der Waals surface area contributed by atoms with Gasteiger partial charge in [-0.3, -0.25) is 9.59 Å². The Morgan fingerprint density at radius 3 is 1.85 bits per heavy atom. The van der Waals surface area contributed by atoms with Crippen molar-refractivity contribution in [1.29, 1.82) is 0 Å². The molecule has 0 saturated heterocycles. The summed E-state index contributed by atoms with van der Waals surface area (Å²) in [5.74, 6) is -0.295. The minimum absolute atomic E-state index is 0. The molecule has 0 aliphatic rings. The summed E-state index contributed by atoms with van der Waals surface area (Å²) < 4.78 is 9.41. The zero-order valence-electron chi connectivity index (χ0n) is 16.3. The van der Waals surface area contributed by atoms with Crippen LogP contribution in [-0.4, -0.2) is 25.7 Å². The Morgan fingerprint density at radius 1 is 0.962 bits per heavy atom. The summed E-state index contributed by atoms with van der Waals surface area (Å²) in [5.41, 5.74) is 1.22. The number of rotatable bonds is 5. The predicted molar refractivity (Wildman–Crippen MR) is 100 cm³/mol.